The Bertz CT molecular complexity index is 780. The van der Waals surface area contributed by atoms with Crippen molar-refractivity contribution in [1.29, 1.82) is 0 Å². The maximum absolute atomic E-state index is 6.61. The second-order valence-electron chi connectivity index (χ2n) is 6.35. The molecule has 6 heteroatoms. The van der Waals surface area contributed by atoms with Gasteiger partial charge in [0.25, 0.3) is 0 Å². The Hall–Kier alpha value is -1.95. The van der Waals surface area contributed by atoms with Crippen molar-refractivity contribution in [2.45, 2.75) is 37.7 Å². The van der Waals surface area contributed by atoms with Crippen molar-refractivity contribution in [2.75, 3.05) is 18.9 Å². The number of thiazole rings is 1. The van der Waals surface area contributed by atoms with E-state index >= 15 is 0 Å². The fourth-order valence-electron chi connectivity index (χ4n) is 3.90. The van der Waals surface area contributed by atoms with Gasteiger partial charge in [0.1, 0.15) is 18.8 Å². The van der Waals surface area contributed by atoms with Gasteiger partial charge in [-0.25, -0.2) is 4.98 Å². The molecule has 1 aromatic carbocycles. The molecule has 1 fully saturated rings. The van der Waals surface area contributed by atoms with Crippen molar-refractivity contribution in [2.24, 2.45) is 0 Å². The first kappa shape index (κ1) is 13.5. The molecule has 3 heterocycles. The summed E-state index contributed by atoms with van der Waals surface area (Å²) in [5, 5.41) is 0.603. The SMILES string of the molecule is Nc1nc2c(s1)C1(CCCCC1)Oc1c-2ccc2c1OCCO2. The number of anilines is 1. The maximum atomic E-state index is 6.61. The molecule has 1 aliphatic carbocycles. The van der Waals surface area contributed by atoms with E-state index in [-0.39, 0.29) is 5.60 Å². The zero-order valence-electron chi connectivity index (χ0n) is 12.8. The average molecular weight is 330 g/mol. The number of aromatic nitrogens is 1. The van der Waals surface area contributed by atoms with Crippen LogP contribution in [0.15, 0.2) is 12.1 Å². The Kier molecular flexibility index (Phi) is 2.80. The molecule has 120 valence electrons. The minimum Gasteiger partial charge on any atom is -0.486 e. The summed E-state index contributed by atoms with van der Waals surface area (Å²) in [6.07, 6.45) is 5.60. The largest absolute Gasteiger partial charge is 0.486 e. The van der Waals surface area contributed by atoms with Gasteiger partial charge in [-0.1, -0.05) is 17.8 Å². The van der Waals surface area contributed by atoms with Crippen LogP contribution < -0.4 is 19.9 Å². The Morgan fingerprint density at radius 2 is 1.87 bits per heavy atom. The van der Waals surface area contributed by atoms with Gasteiger partial charge in [-0.2, -0.15) is 0 Å². The molecule has 1 aromatic heterocycles. The average Bonchev–Trinajstić information content (AvgIpc) is 2.99. The summed E-state index contributed by atoms with van der Waals surface area (Å²) >= 11 is 1.57. The van der Waals surface area contributed by atoms with E-state index in [4.69, 9.17) is 19.9 Å². The summed E-state index contributed by atoms with van der Waals surface area (Å²) in [4.78, 5) is 5.79. The first-order chi connectivity index (χ1) is 11.3. The zero-order chi connectivity index (χ0) is 15.4. The molecule has 0 unspecified atom stereocenters. The third-order valence-corrected chi connectivity index (χ3v) is 6.00. The van der Waals surface area contributed by atoms with Crippen LogP contribution in [0.2, 0.25) is 0 Å². The first-order valence-electron chi connectivity index (χ1n) is 8.16. The number of nitrogens with zero attached hydrogens (tertiary/aromatic N) is 1. The van der Waals surface area contributed by atoms with Crippen LogP contribution in [0.25, 0.3) is 11.3 Å². The molecular weight excluding hydrogens is 312 g/mol. The normalized spacial score (nSPS) is 20.5. The molecule has 23 heavy (non-hydrogen) atoms. The second kappa shape index (κ2) is 4.77. The van der Waals surface area contributed by atoms with Crippen LogP contribution in [-0.2, 0) is 5.60 Å². The van der Waals surface area contributed by atoms with Gasteiger partial charge >= 0.3 is 0 Å². The van der Waals surface area contributed by atoms with Gasteiger partial charge in [0, 0.05) is 5.56 Å². The van der Waals surface area contributed by atoms with Crippen molar-refractivity contribution < 1.29 is 14.2 Å². The lowest BCUT2D eigenvalue weighted by Gasteiger charge is -2.41. The lowest BCUT2D eigenvalue weighted by atomic mass is 9.80. The summed E-state index contributed by atoms with van der Waals surface area (Å²) in [5.41, 5.74) is 7.67. The van der Waals surface area contributed by atoms with Crippen LogP contribution >= 0.6 is 11.3 Å². The van der Waals surface area contributed by atoms with Gasteiger partial charge in [-0.05, 0) is 37.8 Å². The topological polar surface area (TPSA) is 66.6 Å². The second-order valence-corrected chi connectivity index (χ2v) is 7.38. The van der Waals surface area contributed by atoms with Crippen molar-refractivity contribution in [1.82, 2.24) is 4.98 Å². The number of rotatable bonds is 0. The molecule has 0 radical (unpaired) electrons. The Balaban J connectivity index is 1.75. The van der Waals surface area contributed by atoms with Crippen molar-refractivity contribution >= 4 is 16.5 Å². The Morgan fingerprint density at radius 3 is 2.74 bits per heavy atom. The molecule has 2 N–H and O–H groups in total. The highest BCUT2D eigenvalue weighted by atomic mass is 32.1. The van der Waals surface area contributed by atoms with Gasteiger partial charge in [0.15, 0.2) is 16.6 Å². The quantitative estimate of drug-likeness (QED) is 0.797. The van der Waals surface area contributed by atoms with E-state index in [9.17, 15) is 0 Å². The standard InChI is InChI=1S/C17H18N2O3S/c18-16-19-12-10-4-5-11-14(21-9-8-20-11)13(10)22-17(15(12)23-16)6-2-1-3-7-17/h4-5H,1-3,6-9H2,(H2,18,19). The van der Waals surface area contributed by atoms with E-state index in [0.717, 1.165) is 41.3 Å². The predicted molar refractivity (Wildman–Crippen MR) is 88.3 cm³/mol. The molecule has 0 atom stereocenters. The first-order valence-corrected chi connectivity index (χ1v) is 8.97. The fourth-order valence-corrected chi connectivity index (χ4v) is 4.93. The lowest BCUT2D eigenvalue weighted by molar-refractivity contribution is 0.0218. The third-order valence-electron chi connectivity index (χ3n) is 4.93. The minimum absolute atomic E-state index is 0.300. The Labute approximate surface area is 138 Å². The number of hydrogen-bond acceptors (Lipinski definition) is 6. The van der Waals surface area contributed by atoms with Gasteiger partial charge in [-0.15, -0.1) is 0 Å². The molecule has 0 bridgehead atoms. The van der Waals surface area contributed by atoms with Gasteiger partial charge in [0.05, 0.1) is 10.6 Å². The van der Waals surface area contributed by atoms with Crippen molar-refractivity contribution in [3.8, 4) is 28.5 Å². The van der Waals surface area contributed by atoms with Crippen molar-refractivity contribution in [3.63, 3.8) is 0 Å². The van der Waals surface area contributed by atoms with Crippen molar-refractivity contribution in [3.05, 3.63) is 17.0 Å². The highest BCUT2D eigenvalue weighted by Gasteiger charge is 2.46. The number of fused-ring (bicyclic) bond motifs is 6. The highest BCUT2D eigenvalue weighted by molar-refractivity contribution is 7.16. The number of hydrogen-bond donors (Lipinski definition) is 1. The summed E-state index contributed by atoms with van der Waals surface area (Å²) in [6.45, 7) is 1.12. The van der Waals surface area contributed by atoms with Crippen LogP contribution in [0.5, 0.6) is 17.2 Å². The zero-order valence-corrected chi connectivity index (χ0v) is 13.6. The number of nitrogen functional groups attached to an aromatic ring is 1. The minimum atomic E-state index is -0.300. The molecule has 5 nitrogen and oxygen atoms in total. The molecule has 1 spiro atoms. The van der Waals surface area contributed by atoms with Crippen LogP contribution in [0, 0.1) is 0 Å². The summed E-state index contributed by atoms with van der Waals surface area (Å²) in [6, 6.07) is 3.95. The summed E-state index contributed by atoms with van der Waals surface area (Å²) in [5.74, 6) is 2.26. The molecule has 2 aliphatic heterocycles. The van der Waals surface area contributed by atoms with Crippen LogP contribution in [0.1, 0.15) is 37.0 Å². The Morgan fingerprint density at radius 1 is 1.04 bits per heavy atom. The molecule has 0 saturated heterocycles. The van der Waals surface area contributed by atoms with Crippen LogP contribution in [0.4, 0.5) is 5.13 Å². The highest BCUT2D eigenvalue weighted by Crippen LogP contribution is 2.57. The molecule has 5 rings (SSSR count). The van der Waals surface area contributed by atoms with E-state index < -0.39 is 0 Å². The number of benzene rings is 1. The van der Waals surface area contributed by atoms with E-state index in [2.05, 4.69) is 4.98 Å². The molecular formula is C17H18N2O3S. The van der Waals surface area contributed by atoms with Gasteiger partial charge in [0.2, 0.25) is 5.75 Å². The molecule has 1 saturated carbocycles. The fraction of sp³-hybridized carbons (Fsp3) is 0.471. The van der Waals surface area contributed by atoms with Crippen LogP contribution in [0.3, 0.4) is 0 Å². The molecule has 2 aromatic rings. The molecule has 0 amide bonds. The van der Waals surface area contributed by atoms with E-state index in [0.29, 0.717) is 18.3 Å². The predicted octanol–water partition coefficient (Wildman–Crippen LogP) is 3.72. The number of ether oxygens (including phenoxy) is 3. The van der Waals surface area contributed by atoms with Gasteiger partial charge < -0.3 is 19.9 Å². The smallest absolute Gasteiger partial charge is 0.204 e. The lowest BCUT2D eigenvalue weighted by Crippen LogP contribution is -2.37. The van der Waals surface area contributed by atoms with E-state index in [1.807, 2.05) is 12.1 Å². The maximum Gasteiger partial charge on any atom is 0.204 e. The monoisotopic (exact) mass is 330 g/mol. The summed E-state index contributed by atoms with van der Waals surface area (Å²) in [7, 11) is 0. The molecule has 3 aliphatic rings. The number of nitrogens with two attached hydrogens (primary N) is 1. The van der Waals surface area contributed by atoms with Gasteiger partial charge in [-0.3, -0.25) is 0 Å². The van der Waals surface area contributed by atoms with Crippen LogP contribution in [-0.4, -0.2) is 18.2 Å². The summed E-state index contributed by atoms with van der Waals surface area (Å²) < 4.78 is 18.2. The van der Waals surface area contributed by atoms with E-state index in [1.165, 1.54) is 24.1 Å². The third kappa shape index (κ3) is 1.87. The van der Waals surface area contributed by atoms with E-state index in [1.54, 1.807) is 11.3 Å².